The van der Waals surface area contributed by atoms with E-state index >= 15 is 0 Å². The summed E-state index contributed by atoms with van der Waals surface area (Å²) < 4.78 is 5.58. The number of thiol groups is 1. The SMILES string of the molecule is CC(=O)[C@]1(C)CSC(c2csc(CNC(=O)C[C@@H](/C=C/CCS)OC(=O)[C@@H](C)C(C)C)n2)=N1. The van der Waals surface area contributed by atoms with Gasteiger partial charge in [0.1, 0.15) is 27.4 Å². The monoisotopic (exact) mass is 511 g/mol. The number of carbonyl (C=O) groups is 3. The Hall–Kier alpha value is -1.65. The van der Waals surface area contributed by atoms with Crippen molar-refractivity contribution in [2.75, 3.05) is 11.5 Å². The number of thioether (sulfide) groups is 1. The van der Waals surface area contributed by atoms with E-state index in [0.29, 0.717) is 11.5 Å². The normalized spacial score (nSPS) is 20.0. The topological polar surface area (TPSA) is 97.7 Å². The molecule has 1 aromatic heterocycles. The smallest absolute Gasteiger partial charge is 0.309 e. The Bertz CT molecular complexity index is 913. The summed E-state index contributed by atoms with van der Waals surface area (Å²) in [6, 6.07) is 0. The van der Waals surface area contributed by atoms with Gasteiger partial charge in [-0.2, -0.15) is 12.6 Å². The first kappa shape index (κ1) is 27.6. The molecule has 1 amide bonds. The van der Waals surface area contributed by atoms with Gasteiger partial charge in [0, 0.05) is 11.1 Å². The molecule has 0 saturated carbocycles. The molecule has 0 saturated heterocycles. The third-order valence-electron chi connectivity index (χ3n) is 5.48. The Morgan fingerprint density at radius 3 is 2.67 bits per heavy atom. The first-order chi connectivity index (χ1) is 15.6. The van der Waals surface area contributed by atoms with Crippen LogP contribution >= 0.6 is 35.7 Å². The second kappa shape index (κ2) is 12.7. The number of ketones is 1. The second-order valence-corrected chi connectivity index (χ2v) is 10.9. The summed E-state index contributed by atoms with van der Waals surface area (Å²) >= 11 is 7.13. The van der Waals surface area contributed by atoms with Crippen LogP contribution in [-0.2, 0) is 25.7 Å². The molecule has 0 fully saturated rings. The number of nitrogens with one attached hydrogen (secondary N) is 1. The molecule has 7 nitrogen and oxygen atoms in total. The van der Waals surface area contributed by atoms with Gasteiger partial charge < -0.3 is 10.1 Å². The molecular formula is C23H33N3O4S3. The predicted octanol–water partition coefficient (Wildman–Crippen LogP) is 4.07. The minimum Gasteiger partial charge on any atom is -0.457 e. The lowest BCUT2D eigenvalue weighted by molar-refractivity contribution is -0.153. The fourth-order valence-corrected chi connectivity index (χ4v) is 4.88. The van der Waals surface area contributed by atoms with Crippen molar-refractivity contribution in [3.8, 4) is 0 Å². The number of nitrogens with zero attached hydrogens (tertiary/aromatic N) is 2. The molecule has 1 aromatic rings. The molecule has 3 atom stereocenters. The molecule has 10 heteroatoms. The highest BCUT2D eigenvalue weighted by Gasteiger charge is 2.36. The molecule has 0 bridgehead atoms. The lowest BCUT2D eigenvalue weighted by atomic mass is 9.98. The zero-order valence-electron chi connectivity index (χ0n) is 19.8. The summed E-state index contributed by atoms with van der Waals surface area (Å²) in [5.74, 6) is 0.691. The number of carbonyl (C=O) groups excluding carboxylic acids is 3. The van der Waals surface area contributed by atoms with Crippen LogP contribution in [0, 0.1) is 11.8 Å². The van der Waals surface area contributed by atoms with E-state index in [9.17, 15) is 14.4 Å². The molecule has 33 heavy (non-hydrogen) atoms. The van der Waals surface area contributed by atoms with E-state index in [1.54, 1.807) is 13.0 Å². The second-order valence-electron chi connectivity index (χ2n) is 8.59. The lowest BCUT2D eigenvalue weighted by Gasteiger charge is -2.19. The van der Waals surface area contributed by atoms with Gasteiger partial charge in [0.2, 0.25) is 5.91 Å². The van der Waals surface area contributed by atoms with Crippen molar-refractivity contribution in [1.29, 1.82) is 0 Å². The largest absolute Gasteiger partial charge is 0.457 e. The van der Waals surface area contributed by atoms with Crippen molar-refractivity contribution in [2.45, 2.75) is 65.6 Å². The summed E-state index contributed by atoms with van der Waals surface area (Å²) in [5, 5.41) is 6.23. The van der Waals surface area contributed by atoms with Gasteiger partial charge in [-0.3, -0.25) is 19.4 Å². The van der Waals surface area contributed by atoms with Crippen LogP contribution in [0.5, 0.6) is 0 Å². The highest BCUT2D eigenvalue weighted by Crippen LogP contribution is 2.32. The zero-order valence-corrected chi connectivity index (χ0v) is 22.3. The maximum atomic E-state index is 12.5. The lowest BCUT2D eigenvalue weighted by Crippen LogP contribution is -2.31. The van der Waals surface area contributed by atoms with Crippen LogP contribution in [0.2, 0.25) is 0 Å². The quantitative estimate of drug-likeness (QED) is 0.249. The first-order valence-corrected chi connectivity index (χ1v) is 13.5. The molecule has 0 radical (unpaired) electrons. The molecule has 0 unspecified atom stereocenters. The Morgan fingerprint density at radius 1 is 1.33 bits per heavy atom. The summed E-state index contributed by atoms with van der Waals surface area (Å²) in [5.41, 5.74) is 0.0289. The van der Waals surface area contributed by atoms with Crippen molar-refractivity contribution >= 4 is 58.4 Å². The minimum absolute atomic E-state index is 0.0363. The highest BCUT2D eigenvalue weighted by atomic mass is 32.2. The van der Waals surface area contributed by atoms with Gasteiger partial charge in [0.15, 0.2) is 5.78 Å². The van der Waals surface area contributed by atoms with E-state index in [4.69, 9.17) is 4.74 Å². The summed E-state index contributed by atoms with van der Waals surface area (Å²) in [6.45, 7) is 9.41. The van der Waals surface area contributed by atoms with Crippen LogP contribution in [0.3, 0.4) is 0 Å². The Kier molecular flexibility index (Phi) is 10.6. The number of thiazole rings is 1. The van der Waals surface area contributed by atoms with Crippen LogP contribution < -0.4 is 5.32 Å². The Labute approximate surface area is 209 Å². The van der Waals surface area contributed by atoms with E-state index in [1.165, 1.54) is 23.1 Å². The van der Waals surface area contributed by atoms with Gasteiger partial charge in [0.25, 0.3) is 0 Å². The number of aromatic nitrogens is 1. The third-order valence-corrected chi connectivity index (χ3v) is 7.86. The molecular weight excluding hydrogens is 478 g/mol. The summed E-state index contributed by atoms with van der Waals surface area (Å²) in [6.07, 6.45) is 3.77. The summed E-state index contributed by atoms with van der Waals surface area (Å²) in [7, 11) is 0. The number of amides is 1. The molecule has 1 aliphatic heterocycles. The van der Waals surface area contributed by atoms with Gasteiger partial charge >= 0.3 is 5.97 Å². The average molecular weight is 512 g/mol. The van der Waals surface area contributed by atoms with Gasteiger partial charge in [-0.05, 0) is 38.0 Å². The number of aliphatic imine (C=N–C) groups is 1. The number of rotatable bonds is 12. The number of hydrogen-bond acceptors (Lipinski definition) is 9. The van der Waals surface area contributed by atoms with E-state index in [1.807, 2.05) is 39.2 Å². The molecule has 182 valence electrons. The van der Waals surface area contributed by atoms with Crippen molar-refractivity contribution < 1.29 is 19.1 Å². The van der Waals surface area contributed by atoms with Crippen LogP contribution in [-0.4, -0.2) is 50.8 Å². The van der Waals surface area contributed by atoms with Crippen molar-refractivity contribution in [3.63, 3.8) is 0 Å². The van der Waals surface area contributed by atoms with E-state index < -0.39 is 11.6 Å². The van der Waals surface area contributed by atoms with E-state index in [2.05, 4.69) is 27.9 Å². The van der Waals surface area contributed by atoms with Gasteiger partial charge in [-0.15, -0.1) is 23.1 Å². The molecule has 2 rings (SSSR count). The van der Waals surface area contributed by atoms with Crippen LogP contribution in [0.1, 0.15) is 58.2 Å². The van der Waals surface area contributed by atoms with Crippen LogP contribution in [0.15, 0.2) is 22.5 Å². The maximum Gasteiger partial charge on any atom is 0.309 e. The summed E-state index contributed by atoms with van der Waals surface area (Å²) in [4.78, 5) is 45.8. The number of allylic oxidation sites excluding steroid dienone is 1. The van der Waals surface area contributed by atoms with Crippen LogP contribution in [0.4, 0.5) is 0 Å². The average Bonchev–Trinajstić information content (AvgIpc) is 3.39. The van der Waals surface area contributed by atoms with E-state index in [-0.39, 0.29) is 42.5 Å². The Balaban J connectivity index is 1.94. The van der Waals surface area contributed by atoms with Gasteiger partial charge in [-0.25, -0.2) is 4.98 Å². The number of Topliss-reactive ketones (excluding diaryl/α,β-unsaturated/α-hetero) is 1. The number of ether oxygens (including phenoxy) is 1. The minimum atomic E-state index is -0.696. The first-order valence-electron chi connectivity index (χ1n) is 11.0. The molecule has 2 heterocycles. The van der Waals surface area contributed by atoms with Gasteiger partial charge in [0.05, 0.1) is 18.9 Å². The molecule has 1 N–H and O–H groups in total. The van der Waals surface area contributed by atoms with Crippen molar-refractivity contribution in [1.82, 2.24) is 10.3 Å². The number of hydrogen-bond donors (Lipinski definition) is 2. The molecule has 0 spiro atoms. The van der Waals surface area contributed by atoms with Crippen molar-refractivity contribution in [3.05, 3.63) is 28.2 Å². The third kappa shape index (κ3) is 8.26. The van der Waals surface area contributed by atoms with Crippen LogP contribution in [0.25, 0.3) is 0 Å². The predicted molar refractivity (Wildman–Crippen MR) is 138 cm³/mol. The highest BCUT2D eigenvalue weighted by molar-refractivity contribution is 8.14. The standard InChI is InChI=1S/C23H33N3O4S3/c1-14(2)15(3)22(29)30-17(8-6-7-9-31)10-19(28)24-11-20-25-18(12-32-20)21-26-23(5,13-33-21)16(4)27/h6,8,12,14-15,17,31H,7,9-11,13H2,1-5H3,(H,24,28)/b8-6+/t15-,17+,23-/m0/s1. The molecule has 1 aliphatic rings. The van der Waals surface area contributed by atoms with E-state index in [0.717, 1.165) is 22.2 Å². The Morgan fingerprint density at radius 2 is 2.06 bits per heavy atom. The molecule has 0 aromatic carbocycles. The van der Waals surface area contributed by atoms with Gasteiger partial charge in [-0.1, -0.05) is 26.8 Å². The zero-order chi connectivity index (χ0) is 24.6. The fourth-order valence-electron chi connectivity index (χ4n) is 2.73. The number of esters is 1. The molecule has 0 aliphatic carbocycles. The maximum absolute atomic E-state index is 12.5. The van der Waals surface area contributed by atoms with Crippen molar-refractivity contribution in [2.24, 2.45) is 16.8 Å². The fraction of sp³-hybridized carbons (Fsp3) is 0.609.